The van der Waals surface area contributed by atoms with E-state index >= 15 is 0 Å². The summed E-state index contributed by atoms with van der Waals surface area (Å²) in [6.45, 7) is 13.5. The number of fused-ring (bicyclic) bond motifs is 5. The van der Waals surface area contributed by atoms with E-state index in [0.29, 0.717) is 47.4 Å². The predicted octanol–water partition coefficient (Wildman–Crippen LogP) is 8.82. The number of rotatable bonds is 11. The zero-order chi connectivity index (χ0) is 30.1. The molecule has 3 fully saturated rings. The molecule has 5 rings (SSSR count). The lowest BCUT2D eigenvalue weighted by molar-refractivity contribution is -0.0646. The zero-order valence-corrected chi connectivity index (χ0v) is 27.1. The van der Waals surface area contributed by atoms with E-state index < -0.39 is 0 Å². The summed E-state index contributed by atoms with van der Waals surface area (Å²) in [5.74, 6) is 4.84. The third-order valence-electron chi connectivity index (χ3n) is 12.3. The number of carbonyl (C=O) groups excluding carboxylic acids is 1. The number of anilines is 2. The maximum Gasteiger partial charge on any atom is 0.338 e. The van der Waals surface area contributed by atoms with Crippen LogP contribution in [0, 0.1) is 46.3 Å². The van der Waals surface area contributed by atoms with Crippen LogP contribution >= 0.6 is 0 Å². The van der Waals surface area contributed by atoms with Crippen molar-refractivity contribution in [3.8, 4) is 0 Å². The van der Waals surface area contributed by atoms with Gasteiger partial charge in [-0.15, -0.1) is 0 Å². The van der Waals surface area contributed by atoms with Gasteiger partial charge in [0.05, 0.1) is 24.9 Å². The van der Waals surface area contributed by atoms with Crippen LogP contribution in [-0.4, -0.2) is 25.3 Å². The first-order valence-corrected chi connectivity index (χ1v) is 17.2. The second kappa shape index (κ2) is 12.9. The maximum atomic E-state index is 12.3. The number of esters is 1. The van der Waals surface area contributed by atoms with Gasteiger partial charge in [0.25, 0.3) is 0 Å². The molecule has 0 aromatic heterocycles. The minimum Gasteiger partial charge on any atom is -0.462 e. The molecule has 4 aliphatic rings. The molecule has 0 amide bonds. The van der Waals surface area contributed by atoms with Crippen molar-refractivity contribution < 1.29 is 14.3 Å². The van der Waals surface area contributed by atoms with Crippen molar-refractivity contribution in [3.63, 3.8) is 0 Å². The van der Waals surface area contributed by atoms with Gasteiger partial charge in [0, 0.05) is 17.8 Å². The van der Waals surface area contributed by atoms with Gasteiger partial charge in [-0.1, -0.05) is 65.5 Å². The fourth-order valence-electron chi connectivity index (χ4n) is 10.1. The molecule has 42 heavy (non-hydrogen) atoms. The molecule has 4 N–H and O–H groups in total. The Kier molecular flexibility index (Phi) is 9.67. The molecule has 5 nitrogen and oxygen atoms in total. The van der Waals surface area contributed by atoms with E-state index in [-0.39, 0.29) is 12.1 Å². The Hall–Kier alpha value is -2.01. The molecule has 234 valence electrons. The summed E-state index contributed by atoms with van der Waals surface area (Å²) in [7, 11) is 0. The van der Waals surface area contributed by atoms with E-state index in [1.54, 1.807) is 23.8 Å². The number of benzene rings is 1. The van der Waals surface area contributed by atoms with Gasteiger partial charge in [-0.2, -0.15) is 0 Å². The average molecular weight is 579 g/mol. The van der Waals surface area contributed by atoms with Gasteiger partial charge in [-0.05, 0) is 116 Å². The lowest BCUT2D eigenvalue weighted by atomic mass is 9.47. The molecular formula is C37H58N2O3. The fourth-order valence-corrected chi connectivity index (χ4v) is 10.1. The quantitative estimate of drug-likeness (QED) is 0.119. The molecule has 0 radical (unpaired) electrons. The van der Waals surface area contributed by atoms with Crippen molar-refractivity contribution in [1.29, 1.82) is 0 Å². The summed E-state index contributed by atoms with van der Waals surface area (Å²) in [6, 6.07) is 4.84. The van der Waals surface area contributed by atoms with Gasteiger partial charge >= 0.3 is 5.97 Å². The van der Waals surface area contributed by atoms with Crippen molar-refractivity contribution in [2.75, 3.05) is 24.7 Å². The summed E-state index contributed by atoms with van der Waals surface area (Å²) in [5.41, 5.74) is 15.5. The minimum absolute atomic E-state index is 0.279. The summed E-state index contributed by atoms with van der Waals surface area (Å²) in [5, 5.41) is 0. The predicted molar refractivity (Wildman–Crippen MR) is 173 cm³/mol. The molecule has 0 spiro atoms. The Balaban J connectivity index is 1.11. The molecule has 1 aromatic rings. The maximum absolute atomic E-state index is 12.3. The number of nitrogens with two attached hydrogens (primary N) is 2. The zero-order valence-electron chi connectivity index (χ0n) is 27.1. The van der Waals surface area contributed by atoms with Gasteiger partial charge in [-0.25, -0.2) is 4.79 Å². The van der Waals surface area contributed by atoms with Crippen molar-refractivity contribution in [1.82, 2.24) is 0 Å². The summed E-state index contributed by atoms with van der Waals surface area (Å²) < 4.78 is 11.8. The SMILES string of the molecule is CC(C)CCCC(C)C1CCC2C3CC=C4CC(OCCCOC(=O)c5cc(N)cc(N)c5)CCC4(C)C3CCC12C. The van der Waals surface area contributed by atoms with Crippen LogP contribution in [0.5, 0.6) is 0 Å². The van der Waals surface area contributed by atoms with Crippen LogP contribution in [0.4, 0.5) is 11.4 Å². The van der Waals surface area contributed by atoms with Crippen LogP contribution in [0.3, 0.4) is 0 Å². The molecule has 8 unspecified atom stereocenters. The molecule has 0 saturated heterocycles. The van der Waals surface area contributed by atoms with E-state index in [0.717, 1.165) is 48.3 Å². The van der Waals surface area contributed by atoms with E-state index in [1.807, 2.05) is 0 Å². The Labute approximate surface area is 255 Å². The monoisotopic (exact) mass is 578 g/mol. The highest BCUT2D eigenvalue weighted by Crippen LogP contribution is 2.67. The smallest absolute Gasteiger partial charge is 0.338 e. The van der Waals surface area contributed by atoms with Gasteiger partial charge in [0.1, 0.15) is 0 Å². The topological polar surface area (TPSA) is 87.6 Å². The van der Waals surface area contributed by atoms with Crippen LogP contribution in [0.15, 0.2) is 29.8 Å². The molecule has 8 atom stereocenters. The standard InChI is InChI=1S/C37H58N2O3/c1-24(2)8-6-9-25(3)32-12-13-33-31-11-10-27-22-30(14-16-36(27,4)34(31)15-17-37(32,33)5)41-18-7-19-42-35(40)26-20-28(38)23-29(39)21-26/h10,20-21,23-25,30-34H,6-9,11-19,22,38-39H2,1-5H3. The number of carbonyl (C=O) groups is 1. The van der Waals surface area contributed by atoms with Crippen LogP contribution < -0.4 is 11.5 Å². The first-order valence-electron chi connectivity index (χ1n) is 17.2. The highest BCUT2D eigenvalue weighted by molar-refractivity contribution is 5.91. The van der Waals surface area contributed by atoms with Crippen LogP contribution in [0.25, 0.3) is 0 Å². The van der Waals surface area contributed by atoms with E-state index in [4.69, 9.17) is 20.9 Å². The first-order chi connectivity index (χ1) is 20.0. The van der Waals surface area contributed by atoms with Crippen LogP contribution in [-0.2, 0) is 9.47 Å². The number of allylic oxidation sites excluding steroid dienone is 1. The molecule has 1 aromatic carbocycles. The number of hydrogen-bond acceptors (Lipinski definition) is 5. The molecule has 3 saturated carbocycles. The van der Waals surface area contributed by atoms with Crippen molar-refractivity contribution in [2.45, 2.75) is 118 Å². The van der Waals surface area contributed by atoms with Gasteiger partial charge in [0.15, 0.2) is 0 Å². The van der Waals surface area contributed by atoms with Crippen LogP contribution in [0.2, 0.25) is 0 Å². The van der Waals surface area contributed by atoms with Crippen molar-refractivity contribution in [2.24, 2.45) is 46.3 Å². The first kappa shape index (κ1) is 31.4. The summed E-state index contributed by atoms with van der Waals surface area (Å²) in [6.07, 6.45) is 18.3. The van der Waals surface area contributed by atoms with E-state index in [1.165, 1.54) is 57.8 Å². The van der Waals surface area contributed by atoms with Crippen LogP contribution in [0.1, 0.15) is 122 Å². The van der Waals surface area contributed by atoms with E-state index in [2.05, 4.69) is 40.7 Å². The number of nitrogen functional groups attached to an aromatic ring is 2. The molecule has 0 aliphatic heterocycles. The molecular weight excluding hydrogens is 520 g/mol. The Morgan fingerprint density at radius 1 is 0.929 bits per heavy atom. The van der Waals surface area contributed by atoms with E-state index in [9.17, 15) is 4.79 Å². The summed E-state index contributed by atoms with van der Waals surface area (Å²) >= 11 is 0. The minimum atomic E-state index is -0.387. The van der Waals surface area contributed by atoms with Gasteiger partial charge in [0.2, 0.25) is 0 Å². The molecule has 0 bridgehead atoms. The average Bonchev–Trinajstić information content (AvgIpc) is 3.29. The summed E-state index contributed by atoms with van der Waals surface area (Å²) in [4.78, 5) is 12.3. The lowest BCUT2D eigenvalue weighted by Gasteiger charge is -2.58. The largest absolute Gasteiger partial charge is 0.462 e. The highest BCUT2D eigenvalue weighted by Gasteiger charge is 2.59. The van der Waals surface area contributed by atoms with Gasteiger partial charge in [-0.3, -0.25) is 0 Å². The molecule has 0 heterocycles. The third-order valence-corrected chi connectivity index (χ3v) is 12.3. The normalized spacial score (nSPS) is 34.7. The fraction of sp³-hybridized carbons (Fsp3) is 0.757. The second-order valence-corrected chi connectivity index (χ2v) is 15.4. The number of hydrogen-bond donors (Lipinski definition) is 2. The Bertz CT molecular complexity index is 1110. The Morgan fingerprint density at radius 3 is 2.43 bits per heavy atom. The van der Waals surface area contributed by atoms with Gasteiger partial charge < -0.3 is 20.9 Å². The van der Waals surface area contributed by atoms with Crippen molar-refractivity contribution in [3.05, 3.63) is 35.4 Å². The third kappa shape index (κ3) is 6.42. The van der Waals surface area contributed by atoms with Crippen molar-refractivity contribution >= 4 is 17.3 Å². The lowest BCUT2D eigenvalue weighted by Crippen LogP contribution is -2.51. The Morgan fingerprint density at radius 2 is 1.69 bits per heavy atom. The molecule has 5 heteroatoms. The number of ether oxygens (including phenoxy) is 2. The molecule has 4 aliphatic carbocycles. The second-order valence-electron chi connectivity index (χ2n) is 15.4. The highest BCUT2D eigenvalue weighted by atomic mass is 16.5.